The molecule has 0 aromatic heterocycles. The first-order valence-corrected chi connectivity index (χ1v) is 13.6. The van der Waals surface area contributed by atoms with E-state index in [1.54, 1.807) is 12.1 Å². The fourth-order valence-electron chi connectivity index (χ4n) is 5.20. The van der Waals surface area contributed by atoms with Gasteiger partial charge in [0, 0.05) is 25.0 Å². The monoisotopic (exact) mass is 520 g/mol. The topological polar surface area (TPSA) is 113 Å². The van der Waals surface area contributed by atoms with Crippen LogP contribution in [-0.2, 0) is 19.6 Å². The molecule has 2 atom stereocenters. The molecular weight excluding hydrogens is 492 g/mol. The second kappa shape index (κ2) is 9.99. The molecule has 1 aliphatic carbocycles. The highest BCUT2D eigenvalue weighted by Gasteiger charge is 2.37. The Labute approximate surface area is 215 Å². The minimum Gasteiger partial charge on any atom is -0.481 e. The lowest BCUT2D eigenvalue weighted by Crippen LogP contribution is -2.54. The Hall–Kier alpha value is -3.69. The molecule has 8 nitrogen and oxygen atoms in total. The van der Waals surface area contributed by atoms with Crippen molar-refractivity contribution in [1.29, 1.82) is 0 Å². The molecular formula is C28H28N2O6S. The summed E-state index contributed by atoms with van der Waals surface area (Å²) in [6, 6.07) is 21.6. The number of hydrogen-bond donors (Lipinski definition) is 2. The zero-order valence-electron chi connectivity index (χ0n) is 20.3. The molecule has 0 saturated carbocycles. The second-order valence-electron chi connectivity index (χ2n) is 9.61. The maximum Gasteiger partial charge on any atom is 0.409 e. The molecule has 0 spiro atoms. The molecule has 0 bridgehead atoms. The van der Waals surface area contributed by atoms with Crippen molar-refractivity contribution in [3.63, 3.8) is 0 Å². The van der Waals surface area contributed by atoms with Gasteiger partial charge in [-0.25, -0.2) is 17.9 Å². The third-order valence-electron chi connectivity index (χ3n) is 7.05. The molecule has 5 rings (SSSR count). The van der Waals surface area contributed by atoms with E-state index in [1.165, 1.54) is 17.0 Å². The molecule has 1 amide bonds. The SMILES string of the molecule is Cc1ccc(S(=O)(=O)NC2CC(C(=O)O)CN(C(=O)OCC3c4ccccc4-c4ccccc43)C2)cc1. The van der Waals surface area contributed by atoms with E-state index in [-0.39, 0.29) is 36.9 Å². The van der Waals surface area contributed by atoms with Gasteiger partial charge in [-0.05, 0) is 47.7 Å². The van der Waals surface area contributed by atoms with Crippen molar-refractivity contribution >= 4 is 22.1 Å². The smallest absolute Gasteiger partial charge is 0.409 e. The average molecular weight is 521 g/mol. The molecule has 1 heterocycles. The summed E-state index contributed by atoms with van der Waals surface area (Å²) in [6.07, 6.45) is -0.583. The lowest BCUT2D eigenvalue weighted by atomic mass is 9.95. The van der Waals surface area contributed by atoms with Crippen LogP contribution in [0.4, 0.5) is 4.79 Å². The molecule has 2 aliphatic rings. The number of benzene rings is 3. The molecule has 192 valence electrons. The number of piperidine rings is 1. The van der Waals surface area contributed by atoms with Crippen molar-refractivity contribution in [2.24, 2.45) is 5.92 Å². The molecule has 2 N–H and O–H groups in total. The van der Waals surface area contributed by atoms with E-state index in [2.05, 4.69) is 4.72 Å². The van der Waals surface area contributed by atoms with Crippen LogP contribution in [0.3, 0.4) is 0 Å². The fourth-order valence-corrected chi connectivity index (χ4v) is 6.44. The Bertz CT molecular complexity index is 1390. The maximum atomic E-state index is 13.1. The van der Waals surface area contributed by atoms with Crippen molar-refractivity contribution in [3.8, 4) is 11.1 Å². The number of rotatable bonds is 6. The Morgan fingerprint density at radius 2 is 1.54 bits per heavy atom. The van der Waals surface area contributed by atoms with Gasteiger partial charge in [-0.3, -0.25) is 4.79 Å². The van der Waals surface area contributed by atoms with Crippen molar-refractivity contribution in [3.05, 3.63) is 89.5 Å². The lowest BCUT2D eigenvalue weighted by Gasteiger charge is -2.35. The van der Waals surface area contributed by atoms with E-state index in [0.717, 1.165) is 27.8 Å². The van der Waals surface area contributed by atoms with Gasteiger partial charge in [0.2, 0.25) is 10.0 Å². The summed E-state index contributed by atoms with van der Waals surface area (Å²) in [5, 5.41) is 9.67. The number of carbonyl (C=O) groups excluding carboxylic acids is 1. The van der Waals surface area contributed by atoms with Gasteiger partial charge >= 0.3 is 12.1 Å². The zero-order chi connectivity index (χ0) is 26.2. The van der Waals surface area contributed by atoms with Crippen LogP contribution in [0.1, 0.15) is 29.0 Å². The summed E-state index contributed by atoms with van der Waals surface area (Å²) in [5.41, 5.74) is 5.27. The first kappa shape index (κ1) is 25.0. The zero-order valence-corrected chi connectivity index (χ0v) is 21.1. The van der Waals surface area contributed by atoms with E-state index in [4.69, 9.17) is 4.74 Å². The van der Waals surface area contributed by atoms with E-state index in [0.29, 0.717) is 0 Å². The van der Waals surface area contributed by atoms with E-state index >= 15 is 0 Å². The highest BCUT2D eigenvalue weighted by Crippen LogP contribution is 2.44. The van der Waals surface area contributed by atoms with Crippen molar-refractivity contribution in [1.82, 2.24) is 9.62 Å². The number of fused-ring (bicyclic) bond motifs is 3. The van der Waals surface area contributed by atoms with Gasteiger partial charge in [0.25, 0.3) is 0 Å². The van der Waals surface area contributed by atoms with Crippen LogP contribution in [0.25, 0.3) is 11.1 Å². The van der Waals surface area contributed by atoms with E-state index in [1.807, 2.05) is 55.5 Å². The highest BCUT2D eigenvalue weighted by atomic mass is 32.2. The van der Waals surface area contributed by atoms with E-state index in [9.17, 15) is 23.1 Å². The molecule has 9 heteroatoms. The molecule has 3 aromatic carbocycles. The van der Waals surface area contributed by atoms with Crippen LogP contribution in [0, 0.1) is 12.8 Å². The van der Waals surface area contributed by atoms with Gasteiger partial charge in [-0.1, -0.05) is 66.2 Å². The van der Waals surface area contributed by atoms with Gasteiger partial charge < -0.3 is 14.7 Å². The minimum absolute atomic E-state index is 0.0194. The van der Waals surface area contributed by atoms with Crippen LogP contribution in [0.2, 0.25) is 0 Å². The van der Waals surface area contributed by atoms with Gasteiger partial charge in [-0.2, -0.15) is 0 Å². The number of sulfonamides is 1. The lowest BCUT2D eigenvalue weighted by molar-refractivity contribution is -0.143. The van der Waals surface area contributed by atoms with Crippen molar-refractivity contribution in [2.75, 3.05) is 19.7 Å². The van der Waals surface area contributed by atoms with Crippen molar-refractivity contribution in [2.45, 2.75) is 30.2 Å². The normalized spacial score (nSPS) is 19.2. The average Bonchev–Trinajstić information content (AvgIpc) is 3.20. The molecule has 2 unspecified atom stereocenters. The summed E-state index contributed by atoms with van der Waals surface area (Å²) in [6.45, 7) is 1.93. The summed E-state index contributed by atoms with van der Waals surface area (Å²) >= 11 is 0. The molecule has 1 fully saturated rings. The molecule has 0 radical (unpaired) electrons. The number of ether oxygens (including phenoxy) is 1. The number of aliphatic carboxylic acids is 1. The third-order valence-corrected chi connectivity index (χ3v) is 8.58. The standard InChI is InChI=1S/C28H28N2O6S/c1-18-10-12-21(13-11-18)37(34,35)29-20-14-19(27(31)32)15-30(16-20)28(33)36-17-26-24-8-4-2-6-22(24)23-7-3-5-9-25(23)26/h2-13,19-20,26,29H,14-17H2,1H3,(H,31,32). The largest absolute Gasteiger partial charge is 0.481 e. The van der Waals surface area contributed by atoms with Gasteiger partial charge in [-0.15, -0.1) is 0 Å². The molecule has 37 heavy (non-hydrogen) atoms. The first-order valence-electron chi connectivity index (χ1n) is 12.1. The fraction of sp³-hybridized carbons (Fsp3) is 0.286. The van der Waals surface area contributed by atoms with Crippen LogP contribution in [-0.4, -0.2) is 56.2 Å². The maximum absolute atomic E-state index is 13.1. The molecule has 1 saturated heterocycles. The number of nitrogens with zero attached hydrogens (tertiary/aromatic N) is 1. The first-order chi connectivity index (χ1) is 17.7. The number of carboxylic acids is 1. The Kier molecular flexibility index (Phi) is 6.74. The Morgan fingerprint density at radius 1 is 0.946 bits per heavy atom. The highest BCUT2D eigenvalue weighted by molar-refractivity contribution is 7.89. The number of aryl methyl sites for hydroxylation is 1. The number of amides is 1. The third kappa shape index (κ3) is 5.10. The summed E-state index contributed by atoms with van der Waals surface area (Å²) in [4.78, 5) is 26.3. The summed E-state index contributed by atoms with van der Waals surface area (Å²) in [7, 11) is -3.89. The number of carboxylic acid groups (broad SMARTS) is 1. The molecule has 3 aromatic rings. The summed E-state index contributed by atoms with van der Waals surface area (Å²) in [5.74, 6) is -2.14. The van der Waals surface area contributed by atoms with Crippen LogP contribution in [0.5, 0.6) is 0 Å². The van der Waals surface area contributed by atoms with E-state index < -0.39 is 34.0 Å². The van der Waals surface area contributed by atoms with Crippen LogP contribution < -0.4 is 4.72 Å². The predicted octanol–water partition coefficient (Wildman–Crippen LogP) is 4.00. The predicted molar refractivity (Wildman–Crippen MR) is 138 cm³/mol. The van der Waals surface area contributed by atoms with Crippen LogP contribution >= 0.6 is 0 Å². The van der Waals surface area contributed by atoms with Gasteiger partial charge in [0.05, 0.1) is 10.8 Å². The van der Waals surface area contributed by atoms with Gasteiger partial charge in [0.1, 0.15) is 6.61 Å². The number of carbonyl (C=O) groups is 2. The van der Waals surface area contributed by atoms with Gasteiger partial charge in [0.15, 0.2) is 0 Å². The van der Waals surface area contributed by atoms with Crippen molar-refractivity contribution < 1.29 is 27.9 Å². The van der Waals surface area contributed by atoms with Crippen LogP contribution in [0.15, 0.2) is 77.7 Å². The minimum atomic E-state index is -3.89. The quantitative estimate of drug-likeness (QED) is 0.508. The number of hydrogen-bond acceptors (Lipinski definition) is 5. The molecule has 1 aliphatic heterocycles. The Balaban J connectivity index is 1.30. The Morgan fingerprint density at radius 3 is 2.14 bits per heavy atom. The second-order valence-corrected chi connectivity index (χ2v) is 11.3. The summed E-state index contributed by atoms with van der Waals surface area (Å²) < 4.78 is 34.1. The number of nitrogens with one attached hydrogen (secondary N) is 1. The number of likely N-dealkylation sites (tertiary alicyclic amines) is 1.